The average molecular weight is 283 g/mol. The number of rotatable bonds is 6. The first-order chi connectivity index (χ1) is 9.22. The summed E-state index contributed by atoms with van der Waals surface area (Å²) in [4.78, 5) is 4.19. The van der Waals surface area contributed by atoms with E-state index in [1.54, 1.807) is 18.2 Å². The van der Waals surface area contributed by atoms with Crippen LogP contribution in [0.4, 0.5) is 0 Å². The third kappa shape index (κ3) is 3.68. The zero-order chi connectivity index (χ0) is 13.7. The first-order valence-corrected chi connectivity index (χ1v) is 6.44. The monoisotopic (exact) mass is 282 g/mol. The third-order valence-electron chi connectivity index (χ3n) is 2.51. The number of halogens is 1. The Bertz CT molecular complexity index is 542. The average Bonchev–Trinajstić information content (AvgIpc) is 2.85. The van der Waals surface area contributed by atoms with Gasteiger partial charge in [0.15, 0.2) is 12.4 Å². The van der Waals surface area contributed by atoms with Crippen LogP contribution in [0.25, 0.3) is 0 Å². The molecule has 0 spiro atoms. The number of benzene rings is 1. The van der Waals surface area contributed by atoms with E-state index in [1.165, 1.54) is 0 Å². The molecular formula is C13H15ClN2O3. The fourth-order valence-corrected chi connectivity index (χ4v) is 1.83. The van der Waals surface area contributed by atoms with Crippen LogP contribution in [-0.4, -0.2) is 15.2 Å². The van der Waals surface area contributed by atoms with Gasteiger partial charge in [0.25, 0.3) is 5.89 Å². The Hall–Kier alpha value is -1.59. The Morgan fingerprint density at radius 1 is 1.42 bits per heavy atom. The normalized spacial score (nSPS) is 10.7. The molecule has 0 aliphatic rings. The molecule has 0 radical (unpaired) electrons. The molecule has 2 rings (SSSR count). The third-order valence-corrected chi connectivity index (χ3v) is 2.81. The quantitative estimate of drug-likeness (QED) is 0.882. The van der Waals surface area contributed by atoms with Crippen LogP contribution in [0.15, 0.2) is 22.7 Å². The molecule has 0 aliphatic heterocycles. The molecule has 0 aliphatic carbocycles. The van der Waals surface area contributed by atoms with Crippen LogP contribution < -0.4 is 4.74 Å². The molecule has 102 valence electrons. The van der Waals surface area contributed by atoms with Gasteiger partial charge in [-0.25, -0.2) is 0 Å². The van der Waals surface area contributed by atoms with Crippen LogP contribution in [0.1, 0.15) is 30.6 Å². The Morgan fingerprint density at radius 3 is 2.95 bits per heavy atom. The van der Waals surface area contributed by atoms with E-state index in [2.05, 4.69) is 17.1 Å². The van der Waals surface area contributed by atoms with Crippen molar-refractivity contribution in [2.75, 3.05) is 0 Å². The summed E-state index contributed by atoms with van der Waals surface area (Å²) in [6.07, 6.45) is 1.75. The van der Waals surface area contributed by atoms with Crippen molar-refractivity contribution >= 4 is 11.6 Å². The zero-order valence-corrected chi connectivity index (χ0v) is 11.4. The number of nitrogens with zero attached hydrogens (tertiary/aromatic N) is 2. The van der Waals surface area contributed by atoms with Crippen LogP contribution >= 0.6 is 11.6 Å². The van der Waals surface area contributed by atoms with Crippen molar-refractivity contribution in [2.24, 2.45) is 0 Å². The summed E-state index contributed by atoms with van der Waals surface area (Å²) in [5.74, 6) is 1.63. The maximum absolute atomic E-state index is 8.98. The van der Waals surface area contributed by atoms with Crippen molar-refractivity contribution in [3.8, 4) is 5.75 Å². The standard InChI is InChI=1S/C13H15ClN2O3/c1-2-3-12-15-13(19-16-12)8-18-11-5-4-9(7-17)6-10(11)14/h4-6,17H,2-3,7-8H2,1H3. The van der Waals surface area contributed by atoms with Crippen molar-refractivity contribution < 1.29 is 14.4 Å². The van der Waals surface area contributed by atoms with Gasteiger partial charge in [0.2, 0.25) is 0 Å². The van der Waals surface area contributed by atoms with E-state index in [0.29, 0.717) is 22.5 Å². The molecule has 0 amide bonds. The van der Waals surface area contributed by atoms with Gasteiger partial charge in [-0.1, -0.05) is 29.7 Å². The van der Waals surface area contributed by atoms with Gasteiger partial charge in [0.1, 0.15) is 5.75 Å². The number of aliphatic hydroxyl groups is 1. The topological polar surface area (TPSA) is 68.4 Å². The van der Waals surface area contributed by atoms with Crippen molar-refractivity contribution in [2.45, 2.75) is 33.0 Å². The number of hydrogen-bond acceptors (Lipinski definition) is 5. The largest absolute Gasteiger partial charge is 0.482 e. The van der Waals surface area contributed by atoms with Gasteiger partial charge in [-0.3, -0.25) is 0 Å². The van der Waals surface area contributed by atoms with E-state index in [0.717, 1.165) is 18.4 Å². The maximum atomic E-state index is 8.98. The van der Waals surface area contributed by atoms with Gasteiger partial charge in [0.05, 0.1) is 11.6 Å². The second-order valence-corrected chi connectivity index (χ2v) is 4.47. The number of aryl methyl sites for hydroxylation is 1. The second-order valence-electron chi connectivity index (χ2n) is 4.07. The van der Waals surface area contributed by atoms with Gasteiger partial charge in [-0.15, -0.1) is 0 Å². The van der Waals surface area contributed by atoms with Crippen molar-refractivity contribution in [3.63, 3.8) is 0 Å². The van der Waals surface area contributed by atoms with E-state index in [4.69, 9.17) is 26.0 Å². The fourth-order valence-electron chi connectivity index (χ4n) is 1.57. The molecule has 5 nitrogen and oxygen atoms in total. The van der Waals surface area contributed by atoms with Crippen LogP contribution in [0.5, 0.6) is 5.75 Å². The minimum absolute atomic E-state index is 0.0516. The SMILES string of the molecule is CCCc1noc(COc2ccc(CO)cc2Cl)n1. The fraction of sp³-hybridized carbons (Fsp3) is 0.385. The Kier molecular flexibility index (Phi) is 4.76. The van der Waals surface area contributed by atoms with Crippen molar-refractivity contribution in [3.05, 3.63) is 40.5 Å². The molecule has 0 bridgehead atoms. The number of aliphatic hydroxyl groups excluding tert-OH is 1. The summed E-state index contributed by atoms with van der Waals surface area (Å²) in [5.41, 5.74) is 0.736. The summed E-state index contributed by atoms with van der Waals surface area (Å²) in [6, 6.07) is 5.11. The first-order valence-electron chi connectivity index (χ1n) is 6.06. The number of aromatic nitrogens is 2. The highest BCUT2D eigenvalue weighted by atomic mass is 35.5. The van der Waals surface area contributed by atoms with E-state index in [9.17, 15) is 0 Å². The lowest BCUT2D eigenvalue weighted by Gasteiger charge is -2.06. The van der Waals surface area contributed by atoms with Gasteiger partial charge >= 0.3 is 0 Å². The molecule has 1 aromatic carbocycles. The number of ether oxygens (including phenoxy) is 1. The second kappa shape index (κ2) is 6.54. The van der Waals surface area contributed by atoms with Gasteiger partial charge in [-0.2, -0.15) is 4.98 Å². The predicted molar refractivity (Wildman–Crippen MR) is 70.0 cm³/mol. The van der Waals surface area contributed by atoms with Crippen LogP contribution in [0, 0.1) is 0 Å². The summed E-state index contributed by atoms with van der Waals surface area (Å²) < 4.78 is 10.6. The highest BCUT2D eigenvalue weighted by Gasteiger charge is 2.08. The highest BCUT2D eigenvalue weighted by Crippen LogP contribution is 2.26. The maximum Gasteiger partial charge on any atom is 0.264 e. The molecule has 1 heterocycles. The predicted octanol–water partition coefficient (Wildman–Crippen LogP) is 2.75. The lowest BCUT2D eigenvalue weighted by molar-refractivity contribution is 0.242. The lowest BCUT2D eigenvalue weighted by Crippen LogP contribution is -1.97. The van der Waals surface area contributed by atoms with Gasteiger partial charge < -0.3 is 14.4 Å². The van der Waals surface area contributed by atoms with E-state index in [1.807, 2.05) is 0 Å². The Balaban J connectivity index is 1.97. The molecule has 0 saturated carbocycles. The summed E-state index contributed by atoms with van der Waals surface area (Å²) in [7, 11) is 0. The number of hydrogen-bond donors (Lipinski definition) is 1. The smallest absolute Gasteiger partial charge is 0.264 e. The van der Waals surface area contributed by atoms with E-state index < -0.39 is 0 Å². The highest BCUT2D eigenvalue weighted by molar-refractivity contribution is 6.32. The summed E-state index contributed by atoms with van der Waals surface area (Å²) >= 11 is 6.03. The van der Waals surface area contributed by atoms with Gasteiger partial charge in [0, 0.05) is 6.42 Å². The molecule has 2 aromatic rings. The summed E-state index contributed by atoms with van der Waals surface area (Å²) in [6.45, 7) is 2.17. The van der Waals surface area contributed by atoms with Crippen molar-refractivity contribution in [1.29, 1.82) is 0 Å². The molecular weight excluding hydrogens is 268 g/mol. The first kappa shape index (κ1) is 13.8. The van der Waals surface area contributed by atoms with Crippen LogP contribution in [0.2, 0.25) is 5.02 Å². The van der Waals surface area contributed by atoms with E-state index >= 15 is 0 Å². The molecule has 0 atom stereocenters. The van der Waals surface area contributed by atoms with Gasteiger partial charge in [-0.05, 0) is 24.1 Å². The molecule has 0 saturated heterocycles. The Labute approximate surface area is 116 Å². The molecule has 1 N–H and O–H groups in total. The molecule has 6 heteroatoms. The molecule has 0 fully saturated rings. The van der Waals surface area contributed by atoms with Crippen LogP contribution in [0.3, 0.4) is 0 Å². The van der Waals surface area contributed by atoms with Crippen LogP contribution in [-0.2, 0) is 19.6 Å². The minimum Gasteiger partial charge on any atom is -0.482 e. The molecule has 1 aromatic heterocycles. The minimum atomic E-state index is -0.0516. The van der Waals surface area contributed by atoms with E-state index in [-0.39, 0.29) is 13.2 Å². The summed E-state index contributed by atoms with van der Waals surface area (Å²) in [5, 5.41) is 13.3. The lowest BCUT2D eigenvalue weighted by atomic mass is 10.2. The zero-order valence-electron chi connectivity index (χ0n) is 10.6. The molecule has 0 unspecified atom stereocenters. The van der Waals surface area contributed by atoms with Crippen molar-refractivity contribution in [1.82, 2.24) is 10.1 Å². The Morgan fingerprint density at radius 2 is 2.26 bits per heavy atom. The molecule has 19 heavy (non-hydrogen) atoms.